The Hall–Kier alpha value is -1.06. The summed E-state index contributed by atoms with van der Waals surface area (Å²) in [6.07, 6.45) is 6.79. The molecule has 2 rings (SSSR count). The standard InChI is InChI=1S/C12H20N2O2/c1-9(10-5-3-2-4-6-10)13-12(16)14-8-7-11(14)15/h9-10H,2-8H2,1H3,(H,13,16)/t9-/m1/s1. The molecule has 1 atom stereocenters. The Kier molecular flexibility index (Phi) is 3.46. The lowest BCUT2D eigenvalue weighted by molar-refractivity contribution is -0.135. The third-order valence-corrected chi connectivity index (χ3v) is 3.80. The molecular weight excluding hydrogens is 204 g/mol. The summed E-state index contributed by atoms with van der Waals surface area (Å²) >= 11 is 0. The lowest BCUT2D eigenvalue weighted by atomic mass is 9.84. The lowest BCUT2D eigenvalue weighted by Crippen LogP contribution is -2.54. The number of amides is 3. The Bertz CT molecular complexity index is 285. The monoisotopic (exact) mass is 224 g/mol. The summed E-state index contributed by atoms with van der Waals surface area (Å²) < 4.78 is 0. The number of β-lactam (4-membered cyclic amide) rings is 1. The predicted molar refractivity (Wildman–Crippen MR) is 60.9 cm³/mol. The van der Waals surface area contributed by atoms with Gasteiger partial charge in [0, 0.05) is 19.0 Å². The quantitative estimate of drug-likeness (QED) is 0.728. The highest BCUT2D eigenvalue weighted by Crippen LogP contribution is 2.26. The van der Waals surface area contributed by atoms with E-state index in [2.05, 4.69) is 12.2 Å². The fraction of sp³-hybridized carbons (Fsp3) is 0.833. The van der Waals surface area contributed by atoms with E-state index in [0.717, 1.165) is 0 Å². The van der Waals surface area contributed by atoms with Crippen LogP contribution in [-0.4, -0.2) is 29.4 Å². The summed E-state index contributed by atoms with van der Waals surface area (Å²) in [5.74, 6) is 0.544. The molecule has 1 saturated heterocycles. The Morgan fingerprint density at radius 2 is 2.06 bits per heavy atom. The summed E-state index contributed by atoms with van der Waals surface area (Å²) in [7, 11) is 0. The second kappa shape index (κ2) is 4.85. The number of nitrogens with one attached hydrogen (secondary N) is 1. The van der Waals surface area contributed by atoms with Gasteiger partial charge in [-0.15, -0.1) is 0 Å². The summed E-state index contributed by atoms with van der Waals surface area (Å²) in [5.41, 5.74) is 0. The smallest absolute Gasteiger partial charge is 0.324 e. The molecule has 1 aliphatic carbocycles. The van der Waals surface area contributed by atoms with E-state index in [1.54, 1.807) is 0 Å². The summed E-state index contributed by atoms with van der Waals surface area (Å²) in [6.45, 7) is 2.64. The summed E-state index contributed by atoms with van der Waals surface area (Å²) in [5, 5.41) is 2.95. The first-order valence-electron chi connectivity index (χ1n) is 6.29. The molecule has 2 aliphatic rings. The van der Waals surface area contributed by atoms with Gasteiger partial charge in [0.2, 0.25) is 5.91 Å². The van der Waals surface area contributed by atoms with Crippen molar-refractivity contribution in [3.63, 3.8) is 0 Å². The number of rotatable bonds is 2. The van der Waals surface area contributed by atoms with Gasteiger partial charge in [-0.3, -0.25) is 9.69 Å². The second-order valence-electron chi connectivity index (χ2n) is 4.93. The van der Waals surface area contributed by atoms with E-state index in [-0.39, 0.29) is 18.0 Å². The molecule has 1 aliphatic heterocycles. The summed E-state index contributed by atoms with van der Waals surface area (Å²) in [6, 6.07) is -0.00414. The molecular formula is C12H20N2O2. The van der Waals surface area contributed by atoms with Crippen molar-refractivity contribution < 1.29 is 9.59 Å². The molecule has 0 radical (unpaired) electrons. The predicted octanol–water partition coefficient (Wildman–Crippen LogP) is 1.90. The van der Waals surface area contributed by atoms with Gasteiger partial charge in [-0.2, -0.15) is 0 Å². The molecule has 1 N–H and O–H groups in total. The van der Waals surface area contributed by atoms with Crippen LogP contribution >= 0.6 is 0 Å². The van der Waals surface area contributed by atoms with E-state index in [9.17, 15) is 9.59 Å². The van der Waals surface area contributed by atoms with Crippen molar-refractivity contribution in [2.75, 3.05) is 6.54 Å². The minimum absolute atomic E-state index is 0.0478. The van der Waals surface area contributed by atoms with Crippen LogP contribution in [0.25, 0.3) is 0 Å². The number of imide groups is 1. The molecule has 0 unspecified atom stereocenters. The number of hydrogen-bond acceptors (Lipinski definition) is 2. The largest absolute Gasteiger partial charge is 0.335 e. The Balaban J connectivity index is 1.79. The zero-order chi connectivity index (χ0) is 11.5. The summed E-state index contributed by atoms with van der Waals surface area (Å²) in [4.78, 5) is 24.1. The van der Waals surface area contributed by atoms with Gasteiger partial charge in [0.25, 0.3) is 0 Å². The van der Waals surface area contributed by atoms with Gasteiger partial charge in [-0.1, -0.05) is 19.3 Å². The molecule has 0 aromatic heterocycles. The molecule has 4 heteroatoms. The number of carbonyl (C=O) groups excluding carboxylic acids is 2. The third-order valence-electron chi connectivity index (χ3n) is 3.80. The van der Waals surface area contributed by atoms with Crippen LogP contribution in [0.4, 0.5) is 4.79 Å². The van der Waals surface area contributed by atoms with E-state index in [0.29, 0.717) is 18.9 Å². The van der Waals surface area contributed by atoms with Crippen molar-refractivity contribution >= 4 is 11.9 Å². The number of hydrogen-bond donors (Lipinski definition) is 1. The maximum absolute atomic E-state index is 11.7. The Morgan fingerprint density at radius 3 is 2.56 bits per heavy atom. The average molecular weight is 224 g/mol. The number of nitrogens with zero attached hydrogens (tertiary/aromatic N) is 1. The van der Waals surface area contributed by atoms with Gasteiger partial charge in [0.1, 0.15) is 0 Å². The first-order valence-corrected chi connectivity index (χ1v) is 6.29. The van der Waals surface area contributed by atoms with Crippen LogP contribution in [0.3, 0.4) is 0 Å². The van der Waals surface area contributed by atoms with Crippen LogP contribution < -0.4 is 5.32 Å². The number of urea groups is 1. The number of likely N-dealkylation sites (tertiary alicyclic amines) is 1. The van der Waals surface area contributed by atoms with Gasteiger partial charge in [-0.05, 0) is 25.7 Å². The molecule has 90 valence electrons. The molecule has 4 nitrogen and oxygen atoms in total. The van der Waals surface area contributed by atoms with E-state index in [1.807, 2.05) is 0 Å². The average Bonchev–Trinajstić information content (AvgIpc) is 2.28. The minimum atomic E-state index is -0.200. The first-order chi connectivity index (χ1) is 7.68. The Morgan fingerprint density at radius 1 is 1.38 bits per heavy atom. The number of carbonyl (C=O) groups is 2. The molecule has 1 saturated carbocycles. The highest BCUT2D eigenvalue weighted by Gasteiger charge is 2.31. The normalized spacial score (nSPS) is 23.8. The van der Waals surface area contributed by atoms with Gasteiger partial charge >= 0.3 is 6.03 Å². The second-order valence-corrected chi connectivity index (χ2v) is 4.93. The molecule has 0 spiro atoms. The highest BCUT2D eigenvalue weighted by atomic mass is 16.2. The maximum atomic E-state index is 11.7. The lowest BCUT2D eigenvalue weighted by Gasteiger charge is -2.33. The topological polar surface area (TPSA) is 49.4 Å². The maximum Gasteiger partial charge on any atom is 0.324 e. The van der Waals surface area contributed by atoms with Crippen LogP contribution in [-0.2, 0) is 4.79 Å². The van der Waals surface area contributed by atoms with E-state index in [4.69, 9.17) is 0 Å². The Labute approximate surface area is 96.4 Å². The fourth-order valence-corrected chi connectivity index (χ4v) is 2.55. The van der Waals surface area contributed by atoms with Crippen molar-refractivity contribution in [2.45, 2.75) is 51.5 Å². The highest BCUT2D eigenvalue weighted by molar-refractivity contribution is 5.98. The van der Waals surface area contributed by atoms with Gasteiger partial charge in [-0.25, -0.2) is 4.79 Å². The molecule has 3 amide bonds. The van der Waals surface area contributed by atoms with Crippen molar-refractivity contribution in [2.24, 2.45) is 5.92 Å². The van der Waals surface area contributed by atoms with Gasteiger partial charge in [0.05, 0.1) is 0 Å². The van der Waals surface area contributed by atoms with Crippen LogP contribution in [0.1, 0.15) is 45.4 Å². The fourth-order valence-electron chi connectivity index (χ4n) is 2.55. The first kappa shape index (κ1) is 11.4. The molecule has 2 fully saturated rings. The van der Waals surface area contributed by atoms with Crippen LogP contribution in [0.2, 0.25) is 0 Å². The van der Waals surface area contributed by atoms with E-state index < -0.39 is 0 Å². The third kappa shape index (κ3) is 2.36. The van der Waals surface area contributed by atoms with Crippen LogP contribution in [0, 0.1) is 5.92 Å². The molecule has 0 bridgehead atoms. The van der Waals surface area contributed by atoms with E-state index in [1.165, 1.54) is 37.0 Å². The van der Waals surface area contributed by atoms with Gasteiger partial charge < -0.3 is 5.32 Å². The van der Waals surface area contributed by atoms with Crippen LogP contribution in [0.5, 0.6) is 0 Å². The molecule has 16 heavy (non-hydrogen) atoms. The molecule has 1 heterocycles. The molecule has 0 aromatic rings. The van der Waals surface area contributed by atoms with E-state index >= 15 is 0 Å². The van der Waals surface area contributed by atoms with Crippen LogP contribution in [0.15, 0.2) is 0 Å². The van der Waals surface area contributed by atoms with Crippen molar-refractivity contribution in [1.82, 2.24) is 10.2 Å². The zero-order valence-electron chi connectivity index (χ0n) is 9.87. The van der Waals surface area contributed by atoms with Crippen molar-refractivity contribution in [3.05, 3.63) is 0 Å². The van der Waals surface area contributed by atoms with Crippen molar-refractivity contribution in [1.29, 1.82) is 0 Å². The SMILES string of the molecule is C[C@@H](NC(=O)N1CCC1=O)C1CCCCC1. The van der Waals surface area contributed by atoms with Crippen molar-refractivity contribution in [3.8, 4) is 0 Å². The molecule has 0 aromatic carbocycles. The zero-order valence-corrected chi connectivity index (χ0v) is 9.87. The minimum Gasteiger partial charge on any atom is -0.335 e. The van der Waals surface area contributed by atoms with Gasteiger partial charge in [0.15, 0.2) is 0 Å².